The van der Waals surface area contributed by atoms with Gasteiger partial charge in [-0.3, -0.25) is 0 Å². The fraction of sp³-hybridized carbons (Fsp3) is 0.200. The number of rotatable bonds is 4. The van der Waals surface area contributed by atoms with Crippen LogP contribution in [0.15, 0.2) is 47.2 Å². The van der Waals surface area contributed by atoms with Crippen LogP contribution in [-0.2, 0) is 9.53 Å². The highest BCUT2D eigenvalue weighted by molar-refractivity contribution is 6.09. The molecule has 0 radical (unpaired) electrons. The maximum absolute atomic E-state index is 11.6. The first-order valence-corrected chi connectivity index (χ1v) is 6.10. The molecule has 0 aliphatic carbocycles. The molecule has 2 rings (SSSR count). The second kappa shape index (κ2) is 6.06. The highest BCUT2D eigenvalue weighted by atomic mass is 16.6. The number of cyclic esters (lactones) is 1. The molecule has 1 aromatic rings. The van der Waals surface area contributed by atoms with Crippen LogP contribution < -0.4 is 4.74 Å². The third-order valence-electron chi connectivity index (χ3n) is 2.56. The minimum atomic E-state index is -0.446. The predicted octanol–water partition coefficient (Wildman–Crippen LogP) is 2.07. The number of carbonyl (C=O) groups excluding carboxylic acids is 1. The van der Waals surface area contributed by atoms with Gasteiger partial charge in [-0.15, -0.1) is 0 Å². The Balaban J connectivity index is 2.18. The van der Waals surface area contributed by atoms with Gasteiger partial charge in [0.2, 0.25) is 5.90 Å². The fourth-order valence-electron chi connectivity index (χ4n) is 1.70. The molecule has 1 heterocycles. The van der Waals surface area contributed by atoms with Crippen molar-refractivity contribution in [2.75, 3.05) is 21.2 Å². The van der Waals surface area contributed by atoms with Gasteiger partial charge in [-0.25, -0.2) is 9.79 Å². The average Bonchev–Trinajstić information content (AvgIpc) is 2.76. The molecule has 0 unspecified atom stereocenters. The average molecular weight is 272 g/mol. The number of hydrogen-bond donors (Lipinski definition) is 0. The van der Waals surface area contributed by atoms with Crippen molar-refractivity contribution in [2.45, 2.75) is 0 Å². The van der Waals surface area contributed by atoms with Crippen molar-refractivity contribution in [3.05, 3.63) is 47.8 Å². The molecule has 0 saturated heterocycles. The summed E-state index contributed by atoms with van der Waals surface area (Å²) in [6.07, 6.45) is 5.06. The maximum Gasteiger partial charge on any atom is 0.365 e. The molecule has 0 saturated carbocycles. The summed E-state index contributed by atoms with van der Waals surface area (Å²) in [5, 5.41) is 0. The van der Waals surface area contributed by atoms with E-state index in [9.17, 15) is 4.79 Å². The monoisotopic (exact) mass is 272 g/mol. The van der Waals surface area contributed by atoms with Gasteiger partial charge in [0.1, 0.15) is 5.75 Å². The summed E-state index contributed by atoms with van der Waals surface area (Å²) in [6, 6.07) is 7.56. The molecule has 0 fully saturated rings. The van der Waals surface area contributed by atoms with E-state index in [2.05, 4.69) is 4.99 Å². The van der Waals surface area contributed by atoms with Gasteiger partial charge >= 0.3 is 5.97 Å². The summed E-state index contributed by atoms with van der Waals surface area (Å²) in [4.78, 5) is 17.4. The van der Waals surface area contributed by atoms with E-state index in [1.165, 1.54) is 0 Å². The Morgan fingerprint density at radius 1 is 1.25 bits per heavy atom. The quantitative estimate of drug-likeness (QED) is 0.622. The summed E-state index contributed by atoms with van der Waals surface area (Å²) in [7, 11) is 5.24. The van der Waals surface area contributed by atoms with Crippen molar-refractivity contribution >= 4 is 17.9 Å². The van der Waals surface area contributed by atoms with Crippen LogP contribution >= 0.6 is 0 Å². The number of methoxy groups -OCH3 is 1. The molecule has 0 amide bonds. The molecule has 0 N–H and O–H groups in total. The topological polar surface area (TPSA) is 51.1 Å². The first-order valence-electron chi connectivity index (χ1n) is 6.10. The van der Waals surface area contributed by atoms with E-state index in [0.29, 0.717) is 0 Å². The van der Waals surface area contributed by atoms with Crippen LogP contribution in [0.1, 0.15) is 5.56 Å². The van der Waals surface area contributed by atoms with Gasteiger partial charge in [-0.05, 0) is 12.1 Å². The molecule has 0 spiro atoms. The van der Waals surface area contributed by atoms with Crippen LogP contribution in [0.4, 0.5) is 0 Å². The normalized spacial score (nSPS) is 16.4. The Morgan fingerprint density at radius 2 is 2.00 bits per heavy atom. The van der Waals surface area contributed by atoms with E-state index in [0.717, 1.165) is 11.3 Å². The van der Waals surface area contributed by atoms with Crippen molar-refractivity contribution in [3.63, 3.8) is 0 Å². The van der Waals surface area contributed by atoms with E-state index in [-0.39, 0.29) is 11.6 Å². The van der Waals surface area contributed by atoms with Crippen LogP contribution in [0, 0.1) is 0 Å². The molecule has 1 aliphatic heterocycles. The van der Waals surface area contributed by atoms with Gasteiger partial charge in [0.25, 0.3) is 0 Å². The standard InChI is InChI=1S/C15H16N2O3/c1-17(2)10-12-15(18)20-14(16-12)9-8-11-6-4-5-7-13(11)19-3/h4-10H,1-3H3/b9-8?,12-10-. The number of ether oxygens (including phenoxy) is 2. The summed E-state index contributed by atoms with van der Waals surface area (Å²) in [5.74, 6) is 0.574. The van der Waals surface area contributed by atoms with Crippen LogP contribution in [0.5, 0.6) is 5.75 Å². The second-order valence-electron chi connectivity index (χ2n) is 4.39. The van der Waals surface area contributed by atoms with E-state index in [4.69, 9.17) is 9.47 Å². The molecule has 0 atom stereocenters. The summed E-state index contributed by atoms with van der Waals surface area (Å²) in [6.45, 7) is 0. The molecular weight excluding hydrogens is 256 g/mol. The van der Waals surface area contributed by atoms with Crippen LogP contribution in [-0.4, -0.2) is 38.0 Å². The zero-order valence-corrected chi connectivity index (χ0v) is 11.7. The van der Waals surface area contributed by atoms with Crippen molar-refractivity contribution in [1.82, 2.24) is 4.90 Å². The molecule has 1 aliphatic rings. The molecule has 104 valence electrons. The van der Waals surface area contributed by atoms with Gasteiger partial charge in [-0.2, -0.15) is 0 Å². The Kier molecular flexibility index (Phi) is 4.20. The zero-order valence-electron chi connectivity index (χ0n) is 11.7. The lowest BCUT2D eigenvalue weighted by atomic mass is 10.2. The Morgan fingerprint density at radius 3 is 2.70 bits per heavy atom. The minimum Gasteiger partial charge on any atom is -0.496 e. The molecule has 0 aromatic heterocycles. The first kappa shape index (κ1) is 13.9. The maximum atomic E-state index is 11.6. The van der Waals surface area contributed by atoms with Crippen molar-refractivity contribution in [3.8, 4) is 5.75 Å². The lowest BCUT2D eigenvalue weighted by Gasteiger charge is -2.02. The van der Waals surface area contributed by atoms with Crippen molar-refractivity contribution in [2.24, 2.45) is 4.99 Å². The van der Waals surface area contributed by atoms with Gasteiger partial charge in [-0.1, -0.05) is 18.2 Å². The number of benzene rings is 1. The highest BCUT2D eigenvalue weighted by Crippen LogP contribution is 2.19. The summed E-state index contributed by atoms with van der Waals surface area (Å²) < 4.78 is 10.3. The molecule has 5 nitrogen and oxygen atoms in total. The largest absolute Gasteiger partial charge is 0.496 e. The van der Waals surface area contributed by atoms with E-state index in [1.54, 1.807) is 30.4 Å². The number of aliphatic imine (C=N–C) groups is 1. The van der Waals surface area contributed by atoms with Crippen LogP contribution in [0.3, 0.4) is 0 Å². The number of hydrogen-bond acceptors (Lipinski definition) is 5. The second-order valence-corrected chi connectivity index (χ2v) is 4.39. The van der Waals surface area contributed by atoms with Crippen LogP contribution in [0.2, 0.25) is 0 Å². The Bertz CT molecular complexity index is 601. The lowest BCUT2D eigenvalue weighted by molar-refractivity contribution is -0.130. The van der Waals surface area contributed by atoms with E-state index >= 15 is 0 Å². The number of carbonyl (C=O) groups is 1. The number of nitrogens with zero attached hydrogens (tertiary/aromatic N) is 2. The third-order valence-corrected chi connectivity index (χ3v) is 2.56. The van der Waals surface area contributed by atoms with Gasteiger partial charge in [0, 0.05) is 31.9 Å². The third kappa shape index (κ3) is 3.26. The number of esters is 1. The smallest absolute Gasteiger partial charge is 0.365 e. The SMILES string of the molecule is COc1ccccc1C=CC1=N/C(=C\N(C)C)C(=O)O1. The predicted molar refractivity (Wildman–Crippen MR) is 77.3 cm³/mol. The summed E-state index contributed by atoms with van der Waals surface area (Å²) in [5.41, 5.74) is 1.17. The van der Waals surface area contributed by atoms with Crippen molar-refractivity contribution in [1.29, 1.82) is 0 Å². The Hall–Kier alpha value is -2.56. The highest BCUT2D eigenvalue weighted by Gasteiger charge is 2.21. The van der Waals surface area contributed by atoms with Gasteiger partial charge in [0.15, 0.2) is 5.70 Å². The van der Waals surface area contributed by atoms with E-state index in [1.807, 2.05) is 38.4 Å². The summed E-state index contributed by atoms with van der Waals surface area (Å²) >= 11 is 0. The molecule has 5 heteroatoms. The fourth-order valence-corrected chi connectivity index (χ4v) is 1.70. The Labute approximate surface area is 117 Å². The molecule has 0 bridgehead atoms. The van der Waals surface area contributed by atoms with Crippen molar-refractivity contribution < 1.29 is 14.3 Å². The van der Waals surface area contributed by atoms with Gasteiger partial charge < -0.3 is 14.4 Å². The van der Waals surface area contributed by atoms with E-state index < -0.39 is 5.97 Å². The number of para-hydroxylation sites is 1. The molecule has 1 aromatic carbocycles. The minimum absolute atomic E-state index is 0.272. The first-order chi connectivity index (χ1) is 9.60. The molecule has 20 heavy (non-hydrogen) atoms. The molecular formula is C15H16N2O3. The van der Waals surface area contributed by atoms with Crippen LogP contribution in [0.25, 0.3) is 6.08 Å². The zero-order chi connectivity index (χ0) is 14.5. The van der Waals surface area contributed by atoms with Gasteiger partial charge in [0.05, 0.1) is 7.11 Å². The lowest BCUT2D eigenvalue weighted by Crippen LogP contribution is -2.06.